The third-order valence-electron chi connectivity index (χ3n) is 3.37. The van der Waals surface area contributed by atoms with E-state index in [0.717, 1.165) is 34.6 Å². The largest absolute Gasteiger partial charge is 0.354 e. The van der Waals surface area contributed by atoms with Gasteiger partial charge >= 0.3 is 0 Å². The Balaban J connectivity index is 2.08. The summed E-state index contributed by atoms with van der Waals surface area (Å²) in [6.45, 7) is 4.76. The molecule has 22 heavy (non-hydrogen) atoms. The molecule has 0 bridgehead atoms. The highest BCUT2D eigenvalue weighted by Gasteiger charge is 2.12. The summed E-state index contributed by atoms with van der Waals surface area (Å²) >= 11 is 6.01. The third kappa shape index (κ3) is 2.69. The minimum Gasteiger partial charge on any atom is -0.354 e. The lowest BCUT2D eigenvalue weighted by atomic mass is 10.2. The smallest absolute Gasteiger partial charge is 0.226 e. The van der Waals surface area contributed by atoms with Crippen molar-refractivity contribution < 1.29 is 0 Å². The van der Waals surface area contributed by atoms with Crippen molar-refractivity contribution in [2.45, 2.75) is 13.8 Å². The van der Waals surface area contributed by atoms with Gasteiger partial charge in [-0.2, -0.15) is 15.1 Å². The Morgan fingerprint density at radius 3 is 2.82 bits per heavy atom. The molecule has 114 valence electrons. The van der Waals surface area contributed by atoms with Gasteiger partial charge in [0.25, 0.3) is 0 Å². The van der Waals surface area contributed by atoms with Crippen LogP contribution < -0.4 is 10.6 Å². The van der Waals surface area contributed by atoms with Crippen LogP contribution in [0, 0.1) is 6.92 Å². The summed E-state index contributed by atoms with van der Waals surface area (Å²) in [4.78, 5) is 9.02. The van der Waals surface area contributed by atoms with E-state index in [1.165, 1.54) is 0 Å². The maximum Gasteiger partial charge on any atom is 0.226 e. The van der Waals surface area contributed by atoms with Crippen LogP contribution in [0.4, 0.5) is 17.5 Å². The predicted octanol–water partition coefficient (Wildman–Crippen LogP) is 3.50. The second-order valence-electron chi connectivity index (χ2n) is 5.02. The van der Waals surface area contributed by atoms with Crippen LogP contribution in [-0.4, -0.2) is 26.3 Å². The SMILES string of the molecule is CCNc1nc(Nc2ccc(Cl)cc2C)c2cnn(C)c2n1. The summed E-state index contributed by atoms with van der Waals surface area (Å²) in [5.74, 6) is 1.30. The van der Waals surface area contributed by atoms with E-state index in [4.69, 9.17) is 11.6 Å². The first-order chi connectivity index (χ1) is 10.6. The fourth-order valence-corrected chi connectivity index (χ4v) is 2.48. The Hall–Kier alpha value is -2.34. The monoisotopic (exact) mass is 316 g/mol. The summed E-state index contributed by atoms with van der Waals surface area (Å²) < 4.78 is 1.73. The van der Waals surface area contributed by atoms with Crippen molar-refractivity contribution in [1.82, 2.24) is 19.7 Å². The number of nitrogens with zero attached hydrogens (tertiary/aromatic N) is 4. The number of aromatic nitrogens is 4. The van der Waals surface area contributed by atoms with Gasteiger partial charge in [0.2, 0.25) is 5.95 Å². The Morgan fingerprint density at radius 1 is 1.27 bits per heavy atom. The summed E-state index contributed by atoms with van der Waals surface area (Å²) in [6, 6.07) is 5.70. The standard InChI is InChI=1S/C15H17ClN6/c1-4-17-15-20-13(11-8-18-22(3)14(11)21-15)19-12-6-5-10(16)7-9(12)2/h5-8H,4H2,1-3H3,(H2,17,19,20,21). The van der Waals surface area contributed by atoms with E-state index in [9.17, 15) is 0 Å². The normalized spacial score (nSPS) is 10.9. The fraction of sp³-hybridized carbons (Fsp3) is 0.267. The van der Waals surface area contributed by atoms with Gasteiger partial charge in [-0.05, 0) is 37.6 Å². The van der Waals surface area contributed by atoms with Crippen LogP contribution in [0.15, 0.2) is 24.4 Å². The van der Waals surface area contributed by atoms with Gasteiger partial charge in [0.05, 0.1) is 11.6 Å². The van der Waals surface area contributed by atoms with Crippen LogP contribution in [0.3, 0.4) is 0 Å². The van der Waals surface area contributed by atoms with Gasteiger partial charge < -0.3 is 10.6 Å². The number of fused-ring (bicyclic) bond motifs is 1. The molecular weight excluding hydrogens is 300 g/mol. The van der Waals surface area contributed by atoms with E-state index >= 15 is 0 Å². The zero-order valence-corrected chi connectivity index (χ0v) is 13.4. The highest BCUT2D eigenvalue weighted by atomic mass is 35.5. The van der Waals surface area contributed by atoms with E-state index < -0.39 is 0 Å². The summed E-state index contributed by atoms with van der Waals surface area (Å²) in [6.07, 6.45) is 1.76. The first-order valence-electron chi connectivity index (χ1n) is 7.05. The minimum absolute atomic E-state index is 0.577. The van der Waals surface area contributed by atoms with Crippen molar-refractivity contribution in [3.8, 4) is 0 Å². The van der Waals surface area contributed by atoms with Crippen LogP contribution in [0.5, 0.6) is 0 Å². The minimum atomic E-state index is 0.577. The Labute approximate surface area is 133 Å². The quantitative estimate of drug-likeness (QED) is 0.771. The highest BCUT2D eigenvalue weighted by molar-refractivity contribution is 6.30. The second-order valence-corrected chi connectivity index (χ2v) is 5.45. The number of anilines is 3. The molecule has 0 amide bonds. The molecule has 0 fully saturated rings. The Morgan fingerprint density at radius 2 is 2.09 bits per heavy atom. The molecule has 0 radical (unpaired) electrons. The Bertz CT molecular complexity index is 826. The van der Waals surface area contributed by atoms with Gasteiger partial charge in [0.15, 0.2) is 5.65 Å². The molecular formula is C15H17ClN6. The van der Waals surface area contributed by atoms with Gasteiger partial charge in [0.1, 0.15) is 5.82 Å². The molecule has 1 aromatic carbocycles. The predicted molar refractivity (Wildman–Crippen MR) is 89.9 cm³/mol. The number of hydrogen-bond donors (Lipinski definition) is 2. The Kier molecular flexibility index (Phi) is 3.85. The first kappa shape index (κ1) is 14.6. The van der Waals surface area contributed by atoms with Crippen molar-refractivity contribution in [2.75, 3.05) is 17.2 Å². The number of rotatable bonds is 4. The fourth-order valence-electron chi connectivity index (χ4n) is 2.25. The average Bonchev–Trinajstić information content (AvgIpc) is 2.84. The third-order valence-corrected chi connectivity index (χ3v) is 3.60. The molecule has 0 spiro atoms. The number of hydrogen-bond acceptors (Lipinski definition) is 5. The zero-order valence-electron chi connectivity index (χ0n) is 12.7. The van der Waals surface area contributed by atoms with Crippen LogP contribution in [-0.2, 0) is 7.05 Å². The second kappa shape index (κ2) is 5.81. The van der Waals surface area contributed by atoms with Gasteiger partial charge in [-0.25, -0.2) is 0 Å². The first-order valence-corrected chi connectivity index (χ1v) is 7.43. The summed E-state index contributed by atoms with van der Waals surface area (Å²) in [5.41, 5.74) is 2.78. The molecule has 0 unspecified atom stereocenters. The van der Waals surface area contributed by atoms with Crippen LogP contribution in [0.1, 0.15) is 12.5 Å². The number of nitrogens with one attached hydrogen (secondary N) is 2. The number of aryl methyl sites for hydroxylation is 2. The molecule has 6 nitrogen and oxygen atoms in total. The summed E-state index contributed by atoms with van der Waals surface area (Å²) in [7, 11) is 1.86. The maximum atomic E-state index is 6.01. The maximum absolute atomic E-state index is 6.01. The molecule has 0 saturated carbocycles. The molecule has 0 saturated heterocycles. The van der Waals surface area contributed by atoms with Crippen LogP contribution >= 0.6 is 11.6 Å². The molecule has 3 aromatic rings. The molecule has 0 aliphatic carbocycles. The average molecular weight is 317 g/mol. The van der Waals surface area contributed by atoms with Crippen molar-refractivity contribution in [3.63, 3.8) is 0 Å². The topological polar surface area (TPSA) is 67.7 Å². The van der Waals surface area contributed by atoms with E-state index in [-0.39, 0.29) is 0 Å². The van der Waals surface area contributed by atoms with Gasteiger partial charge in [-0.15, -0.1) is 0 Å². The number of halogens is 1. The zero-order chi connectivity index (χ0) is 15.7. The van der Waals surface area contributed by atoms with Crippen LogP contribution in [0.2, 0.25) is 5.02 Å². The molecule has 2 N–H and O–H groups in total. The lowest BCUT2D eigenvalue weighted by molar-refractivity contribution is 0.785. The lowest BCUT2D eigenvalue weighted by Gasteiger charge is -2.11. The molecule has 2 aromatic heterocycles. The van der Waals surface area contributed by atoms with Crippen molar-refractivity contribution >= 4 is 40.1 Å². The van der Waals surface area contributed by atoms with Gasteiger partial charge in [-0.3, -0.25) is 4.68 Å². The van der Waals surface area contributed by atoms with Crippen molar-refractivity contribution in [3.05, 3.63) is 35.0 Å². The molecule has 0 atom stereocenters. The molecule has 2 heterocycles. The lowest BCUT2D eigenvalue weighted by Crippen LogP contribution is -2.06. The number of benzene rings is 1. The molecule has 0 aliphatic rings. The van der Waals surface area contributed by atoms with Gasteiger partial charge in [0, 0.05) is 24.3 Å². The highest BCUT2D eigenvalue weighted by Crippen LogP contribution is 2.27. The van der Waals surface area contributed by atoms with E-state index in [1.807, 2.05) is 39.1 Å². The van der Waals surface area contributed by atoms with Gasteiger partial charge in [-0.1, -0.05) is 11.6 Å². The molecule has 7 heteroatoms. The molecule has 3 rings (SSSR count). The van der Waals surface area contributed by atoms with E-state index in [2.05, 4.69) is 25.7 Å². The van der Waals surface area contributed by atoms with E-state index in [1.54, 1.807) is 10.9 Å². The molecule has 0 aliphatic heterocycles. The van der Waals surface area contributed by atoms with Crippen LogP contribution in [0.25, 0.3) is 11.0 Å². The van der Waals surface area contributed by atoms with Crippen molar-refractivity contribution in [2.24, 2.45) is 7.05 Å². The van der Waals surface area contributed by atoms with Crippen molar-refractivity contribution in [1.29, 1.82) is 0 Å². The van der Waals surface area contributed by atoms with E-state index in [0.29, 0.717) is 11.0 Å². The summed E-state index contributed by atoms with van der Waals surface area (Å²) in [5, 5.41) is 12.3.